The van der Waals surface area contributed by atoms with Gasteiger partial charge >= 0.3 is 11.9 Å². The molecule has 0 saturated carbocycles. The van der Waals surface area contributed by atoms with E-state index in [4.69, 9.17) is 21.3 Å². The lowest BCUT2D eigenvalue weighted by Crippen LogP contribution is -2.05. The van der Waals surface area contributed by atoms with Gasteiger partial charge < -0.3 is 15.6 Å². The molecule has 19 heavy (non-hydrogen) atoms. The van der Waals surface area contributed by atoms with Gasteiger partial charge in [-0.1, -0.05) is 0 Å². The molecular weight excluding hydrogens is 274 g/mol. The second-order valence-corrected chi connectivity index (χ2v) is 2.84. The average molecular weight is 286 g/mol. The Morgan fingerprint density at radius 3 is 1.84 bits per heavy atom. The van der Waals surface area contributed by atoms with Crippen LogP contribution in [0, 0.1) is 11.3 Å². The van der Waals surface area contributed by atoms with E-state index in [0.29, 0.717) is 17.7 Å². The van der Waals surface area contributed by atoms with E-state index in [1.54, 1.807) is 24.3 Å². The molecule has 1 aromatic rings. The van der Waals surface area contributed by atoms with Crippen molar-refractivity contribution in [3.05, 3.63) is 42.0 Å². The molecule has 0 heterocycles. The number of benzene rings is 1. The number of carboxylic acid groups (broad SMARTS) is 2. The standard InChI is InChI=1S/C7H7N3.C4H4O4.ClH/c8-5-6-1-3-7(10-9)4-2-6;5-3(6)1-2-4(7)8;/h1-4,10H,9H2;1-2H,(H,5,6)(H,7,8);1H. The van der Waals surface area contributed by atoms with Crippen molar-refractivity contribution in [1.29, 1.82) is 5.26 Å². The molecule has 0 spiro atoms. The first kappa shape index (κ1) is 18.8. The summed E-state index contributed by atoms with van der Waals surface area (Å²) in [5, 5.41) is 24.0. The van der Waals surface area contributed by atoms with Crippen LogP contribution >= 0.6 is 12.4 Å². The monoisotopic (exact) mass is 285 g/mol. The summed E-state index contributed by atoms with van der Waals surface area (Å²) in [6.45, 7) is 0. The molecule has 0 radical (unpaired) electrons. The van der Waals surface area contributed by atoms with Crippen molar-refractivity contribution in [1.82, 2.24) is 0 Å². The highest BCUT2D eigenvalue weighted by Gasteiger charge is 1.88. The van der Waals surface area contributed by atoms with Crippen molar-refractivity contribution in [3.8, 4) is 6.07 Å². The van der Waals surface area contributed by atoms with Crippen molar-refractivity contribution in [2.45, 2.75) is 0 Å². The maximum atomic E-state index is 9.55. The summed E-state index contributed by atoms with van der Waals surface area (Å²) in [4.78, 5) is 19.1. The Bertz CT molecular complexity index is 464. The zero-order valence-corrected chi connectivity index (χ0v) is 10.4. The predicted octanol–water partition coefficient (Wildman–Crippen LogP) is 0.977. The second kappa shape index (κ2) is 10.6. The van der Waals surface area contributed by atoms with Crippen LogP contribution in [0.25, 0.3) is 0 Å². The number of aliphatic carboxylic acids is 2. The number of nitrogen functional groups attached to an aromatic ring is 1. The van der Waals surface area contributed by atoms with Crippen LogP contribution in [0.4, 0.5) is 5.69 Å². The molecule has 0 aliphatic carbocycles. The minimum absolute atomic E-state index is 0. The Kier molecular flexibility index (Phi) is 10.5. The molecule has 7 nitrogen and oxygen atoms in total. The summed E-state index contributed by atoms with van der Waals surface area (Å²) in [6.07, 6.45) is 1.12. The Morgan fingerprint density at radius 1 is 1.16 bits per heavy atom. The van der Waals surface area contributed by atoms with Crippen LogP contribution < -0.4 is 11.3 Å². The summed E-state index contributed by atoms with van der Waals surface area (Å²) < 4.78 is 0. The molecule has 0 fully saturated rings. The fourth-order valence-corrected chi connectivity index (χ4v) is 0.784. The summed E-state index contributed by atoms with van der Waals surface area (Å²) in [5.41, 5.74) is 3.91. The number of nitrogens with two attached hydrogens (primary N) is 1. The Morgan fingerprint density at radius 2 is 1.58 bits per heavy atom. The van der Waals surface area contributed by atoms with Gasteiger partial charge in [0.2, 0.25) is 0 Å². The molecule has 0 aromatic heterocycles. The van der Waals surface area contributed by atoms with Gasteiger partial charge in [0.15, 0.2) is 0 Å². The van der Waals surface area contributed by atoms with Gasteiger partial charge in [-0.15, -0.1) is 12.4 Å². The lowest BCUT2D eigenvalue weighted by atomic mass is 10.2. The van der Waals surface area contributed by atoms with E-state index in [2.05, 4.69) is 5.43 Å². The number of carboxylic acids is 2. The van der Waals surface area contributed by atoms with E-state index in [1.807, 2.05) is 6.07 Å². The molecule has 5 N–H and O–H groups in total. The fourth-order valence-electron chi connectivity index (χ4n) is 0.784. The zero-order valence-electron chi connectivity index (χ0n) is 9.61. The number of hydrogen-bond donors (Lipinski definition) is 4. The molecule has 0 bridgehead atoms. The van der Waals surface area contributed by atoms with Gasteiger partial charge in [0, 0.05) is 17.8 Å². The van der Waals surface area contributed by atoms with E-state index in [0.717, 1.165) is 5.69 Å². The smallest absolute Gasteiger partial charge is 0.328 e. The number of nitriles is 1. The number of anilines is 1. The van der Waals surface area contributed by atoms with Gasteiger partial charge in [-0.25, -0.2) is 9.59 Å². The molecule has 0 unspecified atom stereocenters. The highest BCUT2D eigenvalue weighted by molar-refractivity contribution is 5.89. The largest absolute Gasteiger partial charge is 0.478 e. The number of hydrogen-bond acceptors (Lipinski definition) is 5. The summed E-state index contributed by atoms with van der Waals surface area (Å²) >= 11 is 0. The third kappa shape index (κ3) is 10.3. The quantitative estimate of drug-likeness (QED) is 0.369. The number of nitrogens with zero attached hydrogens (tertiary/aromatic N) is 1. The average Bonchev–Trinajstić information content (AvgIpc) is 2.37. The Labute approximate surface area is 115 Å². The highest BCUT2D eigenvalue weighted by Crippen LogP contribution is 2.05. The first-order chi connectivity index (χ1) is 8.49. The van der Waals surface area contributed by atoms with Gasteiger partial charge in [-0.05, 0) is 24.3 Å². The van der Waals surface area contributed by atoms with E-state index < -0.39 is 11.9 Å². The van der Waals surface area contributed by atoms with Crippen LogP contribution in [-0.4, -0.2) is 22.2 Å². The lowest BCUT2D eigenvalue weighted by molar-refractivity contribution is -0.134. The zero-order chi connectivity index (χ0) is 14.0. The van der Waals surface area contributed by atoms with Gasteiger partial charge in [0.1, 0.15) is 0 Å². The van der Waals surface area contributed by atoms with E-state index in [9.17, 15) is 9.59 Å². The molecule has 0 amide bonds. The molecular formula is C11H12ClN3O4. The van der Waals surface area contributed by atoms with Gasteiger partial charge in [-0.3, -0.25) is 5.84 Å². The number of rotatable bonds is 3. The highest BCUT2D eigenvalue weighted by atomic mass is 35.5. The maximum Gasteiger partial charge on any atom is 0.328 e. The molecule has 0 aliphatic rings. The van der Waals surface area contributed by atoms with Gasteiger partial charge in [0.25, 0.3) is 0 Å². The van der Waals surface area contributed by atoms with Crippen molar-refractivity contribution >= 4 is 30.0 Å². The van der Waals surface area contributed by atoms with Crippen LogP contribution in [0.5, 0.6) is 0 Å². The predicted molar refractivity (Wildman–Crippen MR) is 70.6 cm³/mol. The Balaban J connectivity index is 0. The summed E-state index contributed by atoms with van der Waals surface area (Å²) in [5.74, 6) is 2.59. The molecule has 102 valence electrons. The molecule has 0 aliphatic heterocycles. The number of nitrogens with one attached hydrogen (secondary N) is 1. The van der Waals surface area contributed by atoms with Crippen molar-refractivity contribution in [3.63, 3.8) is 0 Å². The normalized spacial score (nSPS) is 8.42. The van der Waals surface area contributed by atoms with Gasteiger partial charge in [-0.2, -0.15) is 5.26 Å². The lowest BCUT2D eigenvalue weighted by Gasteiger charge is -1.96. The molecule has 0 atom stereocenters. The number of carbonyl (C=O) groups is 2. The SMILES string of the molecule is Cl.N#Cc1ccc(NN)cc1.O=C(O)C=CC(=O)O. The minimum atomic E-state index is -1.26. The van der Waals surface area contributed by atoms with Crippen LogP contribution in [0.3, 0.4) is 0 Å². The first-order valence-corrected chi connectivity index (χ1v) is 4.60. The third-order valence-corrected chi connectivity index (χ3v) is 1.55. The van der Waals surface area contributed by atoms with Gasteiger partial charge in [0.05, 0.1) is 11.6 Å². The van der Waals surface area contributed by atoms with Crippen molar-refractivity contribution in [2.24, 2.45) is 5.84 Å². The van der Waals surface area contributed by atoms with Crippen LogP contribution in [0.2, 0.25) is 0 Å². The van der Waals surface area contributed by atoms with E-state index in [-0.39, 0.29) is 12.4 Å². The maximum absolute atomic E-state index is 9.55. The topological polar surface area (TPSA) is 136 Å². The molecule has 1 rings (SSSR count). The van der Waals surface area contributed by atoms with Crippen LogP contribution in [-0.2, 0) is 9.59 Å². The molecule has 0 saturated heterocycles. The van der Waals surface area contributed by atoms with Crippen molar-refractivity contribution < 1.29 is 19.8 Å². The van der Waals surface area contributed by atoms with E-state index in [1.165, 1.54) is 0 Å². The summed E-state index contributed by atoms with van der Waals surface area (Å²) in [6, 6.07) is 8.91. The van der Waals surface area contributed by atoms with Crippen LogP contribution in [0.15, 0.2) is 36.4 Å². The molecule has 1 aromatic carbocycles. The fraction of sp³-hybridized carbons (Fsp3) is 0. The minimum Gasteiger partial charge on any atom is -0.478 e. The Hall–Kier alpha value is -2.56. The molecule has 8 heteroatoms. The van der Waals surface area contributed by atoms with Crippen molar-refractivity contribution in [2.75, 3.05) is 5.43 Å². The van der Waals surface area contributed by atoms with E-state index >= 15 is 0 Å². The number of hydrazine groups is 1. The third-order valence-electron chi connectivity index (χ3n) is 1.55. The second-order valence-electron chi connectivity index (χ2n) is 2.84. The first-order valence-electron chi connectivity index (χ1n) is 4.60. The summed E-state index contributed by atoms with van der Waals surface area (Å²) in [7, 11) is 0. The van der Waals surface area contributed by atoms with Crippen LogP contribution in [0.1, 0.15) is 5.56 Å². The number of halogens is 1.